The highest BCUT2D eigenvalue weighted by molar-refractivity contribution is 6.32. The third-order valence-electron chi connectivity index (χ3n) is 2.37. The van der Waals surface area contributed by atoms with Crippen LogP contribution in [0.25, 0.3) is 0 Å². The molecule has 1 aromatic rings. The summed E-state index contributed by atoms with van der Waals surface area (Å²) in [5.74, 6) is 0.690. The van der Waals surface area contributed by atoms with Crippen LogP contribution in [0.2, 0.25) is 5.02 Å². The van der Waals surface area contributed by atoms with Gasteiger partial charge in [-0.25, -0.2) is 4.79 Å². The van der Waals surface area contributed by atoms with E-state index in [-0.39, 0.29) is 18.3 Å². The summed E-state index contributed by atoms with van der Waals surface area (Å²) in [4.78, 5) is 11.5. The van der Waals surface area contributed by atoms with E-state index in [2.05, 4.69) is 10.6 Å². The number of carbonyl (C=O) groups is 1. The lowest BCUT2D eigenvalue weighted by Gasteiger charge is -2.20. The maximum absolute atomic E-state index is 11.5. The molecule has 0 saturated heterocycles. The molecule has 2 N–H and O–H groups in total. The molecule has 1 rings (SSSR count). The first-order valence-electron chi connectivity index (χ1n) is 6.14. The fourth-order valence-corrected chi connectivity index (χ4v) is 1.67. The number of aryl methyl sites for hydroxylation is 2. The Bertz CT molecular complexity index is 444. The maximum atomic E-state index is 11.5. The number of halogens is 1. The Morgan fingerprint density at radius 1 is 1.26 bits per heavy atom. The average Bonchev–Trinajstić information content (AvgIpc) is 2.23. The molecule has 0 spiro atoms. The first-order chi connectivity index (χ1) is 8.69. The Labute approximate surface area is 119 Å². The van der Waals surface area contributed by atoms with Crippen molar-refractivity contribution in [2.75, 3.05) is 6.73 Å². The molecule has 2 amide bonds. The molecular formula is C14H21ClN2O2. The third kappa shape index (κ3) is 5.39. The first-order valence-corrected chi connectivity index (χ1v) is 6.52. The number of benzene rings is 1. The topological polar surface area (TPSA) is 50.4 Å². The molecule has 5 heteroatoms. The van der Waals surface area contributed by atoms with Crippen LogP contribution in [-0.4, -0.2) is 18.3 Å². The number of nitrogens with one attached hydrogen (secondary N) is 2. The van der Waals surface area contributed by atoms with E-state index in [1.807, 2.05) is 46.8 Å². The standard InChI is InChI=1S/C14H21ClN2O2/c1-9-6-11(7-10(2)12(9)15)19-8-16-13(18)17-14(3,4)5/h6-7H,8H2,1-5H3,(H2,16,17,18). The lowest BCUT2D eigenvalue weighted by atomic mass is 10.1. The summed E-state index contributed by atoms with van der Waals surface area (Å²) in [6.07, 6.45) is 0. The maximum Gasteiger partial charge on any atom is 0.317 e. The number of ether oxygens (including phenoxy) is 1. The molecule has 19 heavy (non-hydrogen) atoms. The van der Waals surface area contributed by atoms with Crippen LogP contribution in [-0.2, 0) is 0 Å². The van der Waals surface area contributed by atoms with Gasteiger partial charge in [-0.2, -0.15) is 0 Å². The van der Waals surface area contributed by atoms with E-state index in [1.54, 1.807) is 0 Å². The zero-order valence-electron chi connectivity index (χ0n) is 12.1. The second-order valence-electron chi connectivity index (χ2n) is 5.54. The van der Waals surface area contributed by atoms with Gasteiger partial charge in [0.15, 0.2) is 6.73 Å². The van der Waals surface area contributed by atoms with Crippen molar-refractivity contribution >= 4 is 17.6 Å². The van der Waals surface area contributed by atoms with Crippen molar-refractivity contribution in [1.82, 2.24) is 10.6 Å². The second kappa shape index (κ2) is 6.15. The van der Waals surface area contributed by atoms with Crippen molar-refractivity contribution in [1.29, 1.82) is 0 Å². The molecule has 0 unspecified atom stereocenters. The minimum atomic E-state index is -0.266. The van der Waals surface area contributed by atoms with Gasteiger partial charge in [0.05, 0.1) is 0 Å². The van der Waals surface area contributed by atoms with Gasteiger partial charge in [-0.1, -0.05) is 11.6 Å². The molecule has 0 heterocycles. The van der Waals surface area contributed by atoms with Crippen LogP contribution in [0.3, 0.4) is 0 Å². The first kappa shape index (κ1) is 15.6. The number of amides is 2. The summed E-state index contributed by atoms with van der Waals surface area (Å²) in [5, 5.41) is 6.16. The predicted octanol–water partition coefficient (Wildman–Crippen LogP) is 3.39. The van der Waals surface area contributed by atoms with Crippen LogP contribution < -0.4 is 15.4 Å². The lowest BCUT2D eigenvalue weighted by Crippen LogP contribution is -2.47. The quantitative estimate of drug-likeness (QED) is 0.836. The number of carbonyl (C=O) groups excluding carboxylic acids is 1. The molecule has 0 aliphatic heterocycles. The van der Waals surface area contributed by atoms with Gasteiger partial charge in [0.2, 0.25) is 0 Å². The van der Waals surface area contributed by atoms with Crippen LogP contribution in [0.5, 0.6) is 5.75 Å². The highest BCUT2D eigenvalue weighted by Crippen LogP contribution is 2.25. The van der Waals surface area contributed by atoms with Crippen LogP contribution in [0, 0.1) is 13.8 Å². The second-order valence-corrected chi connectivity index (χ2v) is 5.92. The largest absolute Gasteiger partial charge is 0.473 e. The molecule has 0 radical (unpaired) electrons. The predicted molar refractivity (Wildman–Crippen MR) is 77.8 cm³/mol. The molecule has 0 atom stereocenters. The van der Waals surface area contributed by atoms with Crippen molar-refractivity contribution in [3.8, 4) is 5.75 Å². The Kier molecular flexibility index (Phi) is 5.06. The van der Waals surface area contributed by atoms with Crippen molar-refractivity contribution in [3.63, 3.8) is 0 Å². The molecule has 0 saturated carbocycles. The number of hydrogen-bond donors (Lipinski definition) is 2. The lowest BCUT2D eigenvalue weighted by molar-refractivity contribution is 0.216. The van der Waals surface area contributed by atoms with E-state index in [0.29, 0.717) is 5.75 Å². The van der Waals surface area contributed by atoms with Crippen molar-refractivity contribution in [2.45, 2.75) is 40.2 Å². The summed E-state index contributed by atoms with van der Waals surface area (Å²) in [7, 11) is 0. The van der Waals surface area contributed by atoms with Gasteiger partial charge >= 0.3 is 6.03 Å². The van der Waals surface area contributed by atoms with Crippen molar-refractivity contribution in [3.05, 3.63) is 28.3 Å². The molecule has 1 aromatic carbocycles. The van der Waals surface area contributed by atoms with Crippen LogP contribution in [0.4, 0.5) is 4.79 Å². The van der Waals surface area contributed by atoms with E-state index in [1.165, 1.54) is 0 Å². The normalized spacial score (nSPS) is 11.1. The highest BCUT2D eigenvalue weighted by atomic mass is 35.5. The summed E-state index contributed by atoms with van der Waals surface area (Å²) >= 11 is 6.07. The Morgan fingerprint density at radius 3 is 2.26 bits per heavy atom. The van der Waals surface area contributed by atoms with E-state index in [9.17, 15) is 4.79 Å². The zero-order valence-corrected chi connectivity index (χ0v) is 12.8. The van der Waals surface area contributed by atoms with E-state index in [4.69, 9.17) is 16.3 Å². The third-order valence-corrected chi connectivity index (χ3v) is 2.97. The smallest absolute Gasteiger partial charge is 0.317 e. The number of urea groups is 1. The Balaban J connectivity index is 2.48. The van der Waals surface area contributed by atoms with Crippen molar-refractivity contribution < 1.29 is 9.53 Å². The van der Waals surface area contributed by atoms with E-state index >= 15 is 0 Å². The van der Waals surface area contributed by atoms with Crippen molar-refractivity contribution in [2.24, 2.45) is 0 Å². The molecule has 0 fully saturated rings. The minimum Gasteiger partial charge on any atom is -0.473 e. The van der Waals surface area contributed by atoms with Gasteiger partial charge in [0.1, 0.15) is 5.75 Å². The van der Waals surface area contributed by atoms with Gasteiger partial charge in [0.25, 0.3) is 0 Å². The fraction of sp³-hybridized carbons (Fsp3) is 0.500. The molecule has 4 nitrogen and oxygen atoms in total. The van der Waals surface area contributed by atoms with Gasteiger partial charge in [-0.3, -0.25) is 0 Å². The molecule has 0 bridgehead atoms. The fourth-order valence-electron chi connectivity index (χ4n) is 1.56. The average molecular weight is 285 g/mol. The van der Waals surface area contributed by atoms with Gasteiger partial charge in [0, 0.05) is 10.6 Å². The van der Waals surface area contributed by atoms with Gasteiger partial charge < -0.3 is 15.4 Å². The summed E-state index contributed by atoms with van der Waals surface area (Å²) in [5.41, 5.74) is 1.64. The van der Waals surface area contributed by atoms with Crippen LogP contribution in [0.1, 0.15) is 31.9 Å². The number of hydrogen-bond acceptors (Lipinski definition) is 2. The van der Waals surface area contributed by atoms with E-state index < -0.39 is 0 Å². The van der Waals surface area contributed by atoms with E-state index in [0.717, 1.165) is 16.1 Å². The summed E-state index contributed by atoms with van der Waals surface area (Å²) < 4.78 is 5.48. The Hall–Kier alpha value is -1.42. The van der Waals surface area contributed by atoms with Gasteiger partial charge in [-0.05, 0) is 57.9 Å². The molecule has 0 aliphatic carbocycles. The van der Waals surface area contributed by atoms with Gasteiger partial charge in [-0.15, -0.1) is 0 Å². The number of rotatable bonds is 3. The monoisotopic (exact) mass is 284 g/mol. The molecule has 106 valence electrons. The zero-order chi connectivity index (χ0) is 14.6. The van der Waals surface area contributed by atoms with Crippen LogP contribution in [0.15, 0.2) is 12.1 Å². The summed E-state index contributed by atoms with van der Waals surface area (Å²) in [6, 6.07) is 3.44. The minimum absolute atomic E-state index is 0.114. The summed E-state index contributed by atoms with van der Waals surface area (Å²) in [6.45, 7) is 9.70. The Morgan fingerprint density at radius 2 is 1.79 bits per heavy atom. The SMILES string of the molecule is Cc1cc(OCNC(=O)NC(C)(C)C)cc(C)c1Cl. The molecule has 0 aromatic heterocycles. The highest BCUT2D eigenvalue weighted by Gasteiger charge is 2.13. The molecule has 0 aliphatic rings. The van der Waals surface area contributed by atoms with Crippen LogP contribution >= 0.6 is 11.6 Å². The molecular weight excluding hydrogens is 264 g/mol.